The van der Waals surface area contributed by atoms with Crippen molar-refractivity contribution in [3.63, 3.8) is 0 Å². The number of halogens is 2. The highest BCUT2D eigenvalue weighted by atomic mass is 79.9. The van der Waals surface area contributed by atoms with Gasteiger partial charge < -0.3 is 5.32 Å². The van der Waals surface area contributed by atoms with Gasteiger partial charge in [-0.25, -0.2) is 0 Å². The maximum atomic E-state index is 8.99. The van der Waals surface area contributed by atoms with Gasteiger partial charge in [-0.2, -0.15) is 5.26 Å². The Balaban J connectivity index is 2.09. The van der Waals surface area contributed by atoms with Gasteiger partial charge in [-0.3, -0.25) is 0 Å². The predicted molar refractivity (Wildman–Crippen MR) is 69.5 cm³/mol. The standard InChI is InChI=1S/C12H12BrClN2/c13-10-5-4-9(6-11(10)14)16-12-3-1-2-8(12)7-15/h4-6,8,12,16H,1-3H2. The molecule has 2 unspecified atom stereocenters. The lowest BCUT2D eigenvalue weighted by Crippen LogP contribution is -2.22. The lowest BCUT2D eigenvalue weighted by molar-refractivity contribution is 0.630. The zero-order chi connectivity index (χ0) is 11.5. The third-order valence-corrected chi connectivity index (χ3v) is 4.19. The Hall–Kier alpha value is -0.720. The summed E-state index contributed by atoms with van der Waals surface area (Å²) in [6.45, 7) is 0. The van der Waals surface area contributed by atoms with Gasteiger partial charge >= 0.3 is 0 Å². The maximum Gasteiger partial charge on any atom is 0.0677 e. The number of rotatable bonds is 2. The van der Waals surface area contributed by atoms with Crippen LogP contribution in [-0.2, 0) is 0 Å². The van der Waals surface area contributed by atoms with E-state index in [9.17, 15) is 0 Å². The van der Waals surface area contributed by atoms with Crippen LogP contribution in [0.1, 0.15) is 19.3 Å². The Kier molecular flexibility index (Phi) is 3.73. The molecule has 2 nitrogen and oxygen atoms in total. The Labute approximate surface area is 109 Å². The van der Waals surface area contributed by atoms with E-state index < -0.39 is 0 Å². The summed E-state index contributed by atoms with van der Waals surface area (Å²) in [6.07, 6.45) is 3.19. The van der Waals surface area contributed by atoms with Crippen molar-refractivity contribution in [2.45, 2.75) is 25.3 Å². The first-order valence-electron chi connectivity index (χ1n) is 5.32. The molecule has 16 heavy (non-hydrogen) atoms. The molecule has 2 rings (SSSR count). The van der Waals surface area contributed by atoms with Crippen LogP contribution in [0.4, 0.5) is 5.69 Å². The predicted octanol–water partition coefficient (Wildman–Crippen LogP) is 4.21. The van der Waals surface area contributed by atoms with Crippen molar-refractivity contribution >= 4 is 33.2 Å². The highest BCUT2D eigenvalue weighted by Crippen LogP contribution is 2.30. The fourth-order valence-electron chi connectivity index (χ4n) is 2.09. The van der Waals surface area contributed by atoms with E-state index in [1.807, 2.05) is 18.2 Å². The molecule has 1 aliphatic rings. The molecule has 1 saturated carbocycles. The number of nitrogens with one attached hydrogen (secondary N) is 1. The highest BCUT2D eigenvalue weighted by Gasteiger charge is 2.26. The monoisotopic (exact) mass is 298 g/mol. The lowest BCUT2D eigenvalue weighted by Gasteiger charge is -2.17. The van der Waals surface area contributed by atoms with Gasteiger partial charge in [0, 0.05) is 16.2 Å². The molecule has 0 heterocycles. The molecule has 2 atom stereocenters. The van der Waals surface area contributed by atoms with Gasteiger partial charge in [-0.05, 0) is 53.4 Å². The minimum atomic E-state index is 0.127. The van der Waals surface area contributed by atoms with Crippen LogP contribution in [0.3, 0.4) is 0 Å². The number of benzene rings is 1. The quantitative estimate of drug-likeness (QED) is 0.888. The van der Waals surface area contributed by atoms with Crippen molar-refractivity contribution < 1.29 is 0 Å². The number of anilines is 1. The smallest absolute Gasteiger partial charge is 0.0677 e. The first kappa shape index (κ1) is 11.8. The van der Waals surface area contributed by atoms with E-state index in [1.54, 1.807) is 0 Å². The van der Waals surface area contributed by atoms with Crippen LogP contribution in [0.25, 0.3) is 0 Å². The summed E-state index contributed by atoms with van der Waals surface area (Å²) in [5, 5.41) is 13.1. The van der Waals surface area contributed by atoms with Gasteiger partial charge in [-0.1, -0.05) is 11.6 Å². The summed E-state index contributed by atoms with van der Waals surface area (Å²) in [7, 11) is 0. The molecule has 0 bridgehead atoms. The van der Waals surface area contributed by atoms with E-state index >= 15 is 0 Å². The van der Waals surface area contributed by atoms with Crippen LogP contribution in [0, 0.1) is 17.2 Å². The third-order valence-electron chi connectivity index (χ3n) is 2.95. The molecule has 84 valence electrons. The molecule has 1 N–H and O–H groups in total. The largest absolute Gasteiger partial charge is 0.381 e. The Bertz CT molecular complexity index is 428. The van der Waals surface area contributed by atoms with E-state index in [0.717, 1.165) is 29.4 Å². The number of hydrogen-bond donors (Lipinski definition) is 1. The molecule has 0 saturated heterocycles. The molecule has 0 aliphatic heterocycles. The molecule has 0 aromatic heterocycles. The van der Waals surface area contributed by atoms with Crippen LogP contribution < -0.4 is 5.32 Å². The number of nitrogens with zero attached hydrogens (tertiary/aromatic N) is 1. The van der Waals surface area contributed by atoms with E-state index in [2.05, 4.69) is 27.3 Å². The van der Waals surface area contributed by atoms with Crippen molar-refractivity contribution in [1.82, 2.24) is 0 Å². The normalized spacial score (nSPS) is 24.1. The molecule has 0 radical (unpaired) electrons. The van der Waals surface area contributed by atoms with Crippen molar-refractivity contribution in [3.05, 3.63) is 27.7 Å². The summed E-state index contributed by atoms with van der Waals surface area (Å²) in [4.78, 5) is 0. The number of nitriles is 1. The van der Waals surface area contributed by atoms with E-state index in [4.69, 9.17) is 16.9 Å². The molecule has 1 fully saturated rings. The fourth-order valence-corrected chi connectivity index (χ4v) is 2.51. The molecular formula is C12H12BrClN2. The lowest BCUT2D eigenvalue weighted by atomic mass is 10.1. The van der Waals surface area contributed by atoms with Gasteiger partial charge in [-0.15, -0.1) is 0 Å². The molecule has 0 spiro atoms. The van der Waals surface area contributed by atoms with Gasteiger partial charge in [0.25, 0.3) is 0 Å². The summed E-state index contributed by atoms with van der Waals surface area (Å²) in [5.74, 6) is 0.127. The van der Waals surface area contributed by atoms with E-state index in [-0.39, 0.29) is 12.0 Å². The average molecular weight is 300 g/mol. The van der Waals surface area contributed by atoms with Gasteiger partial charge in [0.05, 0.1) is 17.0 Å². The van der Waals surface area contributed by atoms with Crippen molar-refractivity contribution in [3.8, 4) is 6.07 Å². The van der Waals surface area contributed by atoms with Crippen molar-refractivity contribution in [1.29, 1.82) is 5.26 Å². The van der Waals surface area contributed by atoms with Crippen LogP contribution in [0.2, 0.25) is 5.02 Å². The van der Waals surface area contributed by atoms with E-state index in [0.29, 0.717) is 5.02 Å². The second-order valence-electron chi connectivity index (χ2n) is 4.05. The maximum absolute atomic E-state index is 8.99. The minimum absolute atomic E-state index is 0.127. The highest BCUT2D eigenvalue weighted by molar-refractivity contribution is 9.10. The summed E-state index contributed by atoms with van der Waals surface area (Å²) < 4.78 is 0.892. The van der Waals surface area contributed by atoms with Crippen LogP contribution in [0.5, 0.6) is 0 Å². The first-order valence-corrected chi connectivity index (χ1v) is 6.49. The molecular weight excluding hydrogens is 288 g/mol. The Morgan fingerprint density at radius 2 is 2.25 bits per heavy atom. The molecule has 1 aromatic rings. The SMILES string of the molecule is N#CC1CCCC1Nc1ccc(Br)c(Cl)c1. The van der Waals surface area contributed by atoms with Crippen LogP contribution in [0.15, 0.2) is 22.7 Å². The average Bonchev–Trinajstić information content (AvgIpc) is 2.71. The summed E-state index contributed by atoms with van der Waals surface area (Å²) in [6, 6.07) is 8.40. The van der Waals surface area contributed by atoms with Crippen LogP contribution in [-0.4, -0.2) is 6.04 Å². The Morgan fingerprint density at radius 3 is 2.94 bits per heavy atom. The molecule has 0 amide bonds. The zero-order valence-corrected chi connectivity index (χ0v) is 11.1. The van der Waals surface area contributed by atoms with Crippen molar-refractivity contribution in [2.75, 3.05) is 5.32 Å². The van der Waals surface area contributed by atoms with Crippen LogP contribution >= 0.6 is 27.5 Å². The number of hydrogen-bond acceptors (Lipinski definition) is 2. The van der Waals surface area contributed by atoms with Gasteiger partial charge in [0.1, 0.15) is 0 Å². The zero-order valence-electron chi connectivity index (χ0n) is 8.71. The molecule has 1 aromatic carbocycles. The first-order chi connectivity index (χ1) is 7.70. The van der Waals surface area contributed by atoms with Gasteiger partial charge in [0.15, 0.2) is 0 Å². The van der Waals surface area contributed by atoms with E-state index in [1.165, 1.54) is 0 Å². The summed E-state index contributed by atoms with van der Waals surface area (Å²) in [5.41, 5.74) is 0.986. The fraction of sp³-hybridized carbons (Fsp3) is 0.417. The second kappa shape index (κ2) is 5.07. The van der Waals surface area contributed by atoms with Gasteiger partial charge in [0.2, 0.25) is 0 Å². The minimum Gasteiger partial charge on any atom is -0.381 e. The topological polar surface area (TPSA) is 35.8 Å². The third kappa shape index (κ3) is 2.50. The second-order valence-corrected chi connectivity index (χ2v) is 5.31. The summed E-state index contributed by atoms with van der Waals surface area (Å²) >= 11 is 9.37. The van der Waals surface area contributed by atoms with Crippen molar-refractivity contribution in [2.24, 2.45) is 5.92 Å². The molecule has 1 aliphatic carbocycles. The molecule has 4 heteroatoms. The Morgan fingerprint density at radius 1 is 1.44 bits per heavy atom.